The monoisotopic (exact) mass is 472 g/mol. The average Bonchev–Trinajstić information content (AvgIpc) is 3.24. The molecular weight excluding hydrogens is 440 g/mol. The van der Waals surface area contributed by atoms with Crippen LogP contribution in [-0.2, 0) is 9.53 Å². The Morgan fingerprint density at radius 1 is 1.21 bits per heavy atom. The Balaban J connectivity index is 1.94. The lowest BCUT2D eigenvalue weighted by molar-refractivity contribution is -0.133. The zero-order valence-corrected chi connectivity index (χ0v) is 20.5. The predicted octanol–water partition coefficient (Wildman–Crippen LogP) is 2.59. The number of hydrogen-bond donors (Lipinski definition) is 1. The van der Waals surface area contributed by atoms with E-state index in [-0.39, 0.29) is 42.2 Å². The minimum atomic E-state index is -0.453. The highest BCUT2D eigenvalue weighted by molar-refractivity contribution is 6.04. The summed E-state index contributed by atoms with van der Waals surface area (Å²) < 4.78 is 16.6. The molecule has 0 radical (unpaired) electrons. The van der Waals surface area contributed by atoms with Crippen molar-refractivity contribution >= 4 is 23.4 Å². The number of fused-ring (bicyclic) bond motifs is 1. The zero-order chi connectivity index (χ0) is 25.0. The van der Waals surface area contributed by atoms with E-state index in [1.165, 1.54) is 13.0 Å². The lowest BCUT2D eigenvalue weighted by Crippen LogP contribution is -2.48. The number of anilines is 1. The Morgan fingerprint density at radius 3 is 2.56 bits per heavy atom. The van der Waals surface area contributed by atoms with Gasteiger partial charge in [-0.1, -0.05) is 12.1 Å². The Hall–Kier alpha value is -3.40. The number of aryl methyl sites for hydroxylation is 1. The first-order valence-electron chi connectivity index (χ1n) is 11.2. The minimum absolute atomic E-state index is 0.0120. The highest BCUT2D eigenvalue weighted by Gasteiger charge is 2.29. The van der Waals surface area contributed by atoms with Crippen LogP contribution in [0.2, 0.25) is 0 Å². The van der Waals surface area contributed by atoms with Gasteiger partial charge in [-0.25, -0.2) is 0 Å². The molecule has 0 bridgehead atoms. The molecule has 3 atom stereocenters. The molecule has 184 valence electrons. The van der Waals surface area contributed by atoms with Crippen LogP contribution in [0.5, 0.6) is 5.75 Å². The van der Waals surface area contributed by atoms with Gasteiger partial charge in [0.25, 0.3) is 11.8 Å². The van der Waals surface area contributed by atoms with Crippen LogP contribution >= 0.6 is 0 Å². The van der Waals surface area contributed by atoms with Gasteiger partial charge in [-0.3, -0.25) is 14.4 Å². The van der Waals surface area contributed by atoms with Gasteiger partial charge in [-0.2, -0.15) is 0 Å². The van der Waals surface area contributed by atoms with Crippen molar-refractivity contribution in [2.75, 3.05) is 39.2 Å². The summed E-state index contributed by atoms with van der Waals surface area (Å²) in [6.45, 7) is 8.15. The van der Waals surface area contributed by atoms with Crippen LogP contribution in [0.15, 0.2) is 28.8 Å². The molecule has 10 heteroatoms. The fourth-order valence-electron chi connectivity index (χ4n) is 3.96. The van der Waals surface area contributed by atoms with Crippen LogP contribution in [0.3, 0.4) is 0 Å². The van der Waals surface area contributed by atoms with Crippen LogP contribution in [0.4, 0.5) is 5.69 Å². The number of benzene rings is 1. The van der Waals surface area contributed by atoms with Crippen molar-refractivity contribution in [2.45, 2.75) is 39.8 Å². The summed E-state index contributed by atoms with van der Waals surface area (Å²) in [5, 5.41) is 6.45. The molecule has 0 unspecified atom stereocenters. The van der Waals surface area contributed by atoms with Crippen molar-refractivity contribution < 1.29 is 28.4 Å². The molecule has 0 fully saturated rings. The molecule has 0 spiro atoms. The SMILES string of the molecule is CO[C@@H]1CN(C)C(=O)c2cc(NC(=O)c3cc(C)on3)ccc2OC[C@H](C)N(C(C)=O)C[C@H]1C. The molecule has 10 nitrogen and oxygen atoms in total. The molecule has 1 aromatic carbocycles. The smallest absolute Gasteiger partial charge is 0.277 e. The van der Waals surface area contributed by atoms with E-state index in [9.17, 15) is 14.4 Å². The van der Waals surface area contributed by atoms with Gasteiger partial charge in [0.1, 0.15) is 18.1 Å². The van der Waals surface area contributed by atoms with Gasteiger partial charge < -0.3 is 29.1 Å². The van der Waals surface area contributed by atoms with Crippen LogP contribution in [0.1, 0.15) is 47.4 Å². The number of likely N-dealkylation sites (N-methyl/N-ethyl adjacent to an activating group) is 1. The minimum Gasteiger partial charge on any atom is -0.491 e. The number of nitrogens with zero attached hydrogens (tertiary/aromatic N) is 3. The van der Waals surface area contributed by atoms with Gasteiger partial charge in [0, 0.05) is 51.8 Å². The largest absolute Gasteiger partial charge is 0.491 e. The Morgan fingerprint density at radius 2 is 1.94 bits per heavy atom. The van der Waals surface area contributed by atoms with Gasteiger partial charge in [-0.05, 0) is 32.0 Å². The highest BCUT2D eigenvalue weighted by atomic mass is 16.5. The standard InChI is InChI=1S/C24H32N4O6/c1-14-11-28(17(4)29)15(2)13-33-21-8-7-18(25-23(30)20-9-16(3)34-26-20)10-19(21)24(31)27(5)12-22(14)32-6/h7-10,14-15,22H,11-13H2,1-6H3,(H,25,30)/t14-,15+,22-/m1/s1. The molecule has 0 aliphatic carbocycles. The van der Waals surface area contributed by atoms with E-state index in [0.717, 1.165) is 0 Å². The summed E-state index contributed by atoms with van der Waals surface area (Å²) in [7, 11) is 3.29. The highest BCUT2D eigenvalue weighted by Crippen LogP contribution is 2.27. The molecule has 3 amide bonds. The Labute approximate surface area is 199 Å². The van der Waals surface area contributed by atoms with Gasteiger partial charge in [0.05, 0.1) is 17.7 Å². The van der Waals surface area contributed by atoms with E-state index in [4.69, 9.17) is 14.0 Å². The molecule has 0 saturated heterocycles. The molecule has 34 heavy (non-hydrogen) atoms. The molecule has 2 aromatic rings. The second-order valence-electron chi connectivity index (χ2n) is 8.76. The molecule has 1 aliphatic rings. The third-order valence-electron chi connectivity index (χ3n) is 5.97. The first-order valence-corrected chi connectivity index (χ1v) is 11.2. The van der Waals surface area contributed by atoms with Gasteiger partial charge >= 0.3 is 0 Å². The van der Waals surface area contributed by atoms with E-state index in [1.807, 2.05) is 13.8 Å². The van der Waals surface area contributed by atoms with Crippen molar-refractivity contribution in [3.05, 3.63) is 41.3 Å². The van der Waals surface area contributed by atoms with E-state index in [2.05, 4.69) is 10.5 Å². The van der Waals surface area contributed by atoms with Crippen LogP contribution in [0, 0.1) is 12.8 Å². The van der Waals surface area contributed by atoms with Gasteiger partial charge in [0.2, 0.25) is 5.91 Å². The molecule has 1 aliphatic heterocycles. The third kappa shape index (κ3) is 5.74. The third-order valence-corrected chi connectivity index (χ3v) is 5.97. The summed E-state index contributed by atoms with van der Waals surface area (Å²) in [5.41, 5.74) is 0.846. The van der Waals surface area contributed by atoms with E-state index < -0.39 is 5.91 Å². The number of hydrogen-bond acceptors (Lipinski definition) is 7. The first kappa shape index (κ1) is 25.2. The fourth-order valence-corrected chi connectivity index (χ4v) is 3.96. The molecule has 3 rings (SSSR count). The number of carbonyl (C=O) groups is 3. The van der Waals surface area contributed by atoms with Gasteiger partial charge in [-0.15, -0.1) is 0 Å². The number of methoxy groups -OCH3 is 1. The van der Waals surface area contributed by atoms with Crippen molar-refractivity contribution in [1.29, 1.82) is 0 Å². The van der Waals surface area contributed by atoms with Crippen LogP contribution in [0.25, 0.3) is 0 Å². The van der Waals surface area contributed by atoms with Crippen LogP contribution < -0.4 is 10.1 Å². The number of nitrogens with one attached hydrogen (secondary N) is 1. The van der Waals surface area contributed by atoms with Gasteiger partial charge in [0.15, 0.2) is 5.69 Å². The summed E-state index contributed by atoms with van der Waals surface area (Å²) >= 11 is 0. The second-order valence-corrected chi connectivity index (χ2v) is 8.76. The number of aromatic nitrogens is 1. The van der Waals surface area contributed by atoms with Crippen molar-refractivity contribution in [3.63, 3.8) is 0 Å². The number of carbonyl (C=O) groups excluding carboxylic acids is 3. The fraction of sp³-hybridized carbons (Fsp3) is 0.500. The summed E-state index contributed by atoms with van der Waals surface area (Å²) in [6.07, 6.45) is -0.273. The molecule has 1 aromatic heterocycles. The van der Waals surface area contributed by atoms with Crippen molar-refractivity contribution in [2.24, 2.45) is 5.92 Å². The van der Waals surface area contributed by atoms with E-state index in [0.29, 0.717) is 35.9 Å². The van der Waals surface area contributed by atoms with Crippen LogP contribution in [-0.4, -0.2) is 78.7 Å². The second kappa shape index (κ2) is 10.7. The topological polar surface area (TPSA) is 114 Å². The van der Waals surface area contributed by atoms with E-state index >= 15 is 0 Å². The predicted molar refractivity (Wildman–Crippen MR) is 125 cm³/mol. The molecule has 1 N–H and O–H groups in total. The summed E-state index contributed by atoms with van der Waals surface area (Å²) in [6, 6.07) is 6.17. The Kier molecular flexibility index (Phi) is 7.93. The molecular formula is C24H32N4O6. The lowest BCUT2D eigenvalue weighted by Gasteiger charge is -2.35. The first-order chi connectivity index (χ1) is 16.1. The summed E-state index contributed by atoms with van der Waals surface area (Å²) in [5.74, 6) is 0.0937. The summed E-state index contributed by atoms with van der Waals surface area (Å²) in [4.78, 5) is 41.5. The maximum atomic E-state index is 13.4. The molecule has 0 saturated carbocycles. The Bertz CT molecular complexity index is 1050. The van der Waals surface area contributed by atoms with E-state index in [1.54, 1.807) is 49.1 Å². The zero-order valence-electron chi connectivity index (χ0n) is 20.5. The quantitative estimate of drug-likeness (QED) is 0.730. The van der Waals surface area contributed by atoms with Crippen molar-refractivity contribution in [3.8, 4) is 5.75 Å². The maximum absolute atomic E-state index is 13.4. The molecule has 2 heterocycles. The maximum Gasteiger partial charge on any atom is 0.277 e. The van der Waals surface area contributed by atoms with Crippen molar-refractivity contribution in [1.82, 2.24) is 15.0 Å². The number of ether oxygens (including phenoxy) is 2. The normalized spacial score (nSPS) is 21.7. The lowest BCUT2D eigenvalue weighted by atomic mass is 10.0. The number of rotatable bonds is 3. The number of amides is 3. The average molecular weight is 473 g/mol.